The number of nitrogens with zero attached hydrogens (tertiary/aromatic N) is 3. The molecule has 6 nitrogen and oxygen atoms in total. The first kappa shape index (κ1) is 11.0. The minimum Gasteiger partial charge on any atom is -0.381 e. The smallest absolute Gasteiger partial charge is 0.165 e. The average Bonchev–Trinajstić information content (AvgIpc) is 2.30. The van der Waals surface area contributed by atoms with Crippen molar-refractivity contribution in [3.05, 3.63) is 6.20 Å². The Morgan fingerprint density at radius 2 is 2.29 bits per heavy atom. The molecule has 1 atom stereocenters. The molecular weight excluding hydrogens is 204 g/mol. The van der Waals surface area contributed by atoms with E-state index in [1.54, 1.807) is 10.9 Å². The molecule has 1 rings (SSSR count). The minimum atomic E-state index is -2.93. The van der Waals surface area contributed by atoms with E-state index in [1.807, 2.05) is 6.92 Å². The van der Waals surface area contributed by atoms with Gasteiger partial charge in [0.2, 0.25) is 0 Å². The molecule has 0 bridgehead atoms. The van der Waals surface area contributed by atoms with Crippen LogP contribution in [-0.2, 0) is 16.4 Å². The first-order valence-corrected chi connectivity index (χ1v) is 6.26. The van der Waals surface area contributed by atoms with E-state index in [1.165, 1.54) is 6.26 Å². The van der Waals surface area contributed by atoms with E-state index in [0.717, 1.165) is 0 Å². The summed E-state index contributed by atoms with van der Waals surface area (Å²) in [4.78, 5) is 0. The van der Waals surface area contributed by atoms with Gasteiger partial charge < -0.3 is 5.73 Å². The van der Waals surface area contributed by atoms with E-state index in [4.69, 9.17) is 5.73 Å². The first-order valence-electron chi connectivity index (χ1n) is 4.20. The van der Waals surface area contributed by atoms with Crippen LogP contribution in [0.4, 0.5) is 5.82 Å². The van der Waals surface area contributed by atoms with Crippen LogP contribution >= 0.6 is 0 Å². The van der Waals surface area contributed by atoms with E-state index < -0.39 is 9.84 Å². The molecule has 0 saturated carbocycles. The van der Waals surface area contributed by atoms with Crippen LogP contribution in [-0.4, -0.2) is 35.4 Å². The zero-order chi connectivity index (χ0) is 10.8. The second kappa shape index (κ2) is 3.95. The molecule has 0 amide bonds. The maximum atomic E-state index is 11.0. The number of aromatic nitrogens is 3. The summed E-state index contributed by atoms with van der Waals surface area (Å²) < 4.78 is 23.5. The highest BCUT2D eigenvalue weighted by Gasteiger charge is 2.11. The molecule has 14 heavy (non-hydrogen) atoms. The summed E-state index contributed by atoms with van der Waals surface area (Å²) in [6.45, 7) is 2.36. The van der Waals surface area contributed by atoms with E-state index in [9.17, 15) is 8.42 Å². The molecule has 1 unspecified atom stereocenters. The Labute approximate surface area is 83.0 Å². The van der Waals surface area contributed by atoms with Crippen molar-refractivity contribution in [3.8, 4) is 0 Å². The third-order valence-electron chi connectivity index (χ3n) is 1.64. The fraction of sp³-hybridized carbons (Fsp3) is 0.714. The van der Waals surface area contributed by atoms with Crippen LogP contribution in [0.25, 0.3) is 0 Å². The van der Waals surface area contributed by atoms with Crippen molar-refractivity contribution in [1.29, 1.82) is 0 Å². The van der Waals surface area contributed by atoms with Gasteiger partial charge in [-0.05, 0) is 5.92 Å². The Morgan fingerprint density at radius 1 is 1.64 bits per heavy atom. The zero-order valence-corrected chi connectivity index (χ0v) is 9.03. The zero-order valence-electron chi connectivity index (χ0n) is 8.21. The predicted molar refractivity (Wildman–Crippen MR) is 53.3 cm³/mol. The molecule has 0 saturated heterocycles. The van der Waals surface area contributed by atoms with Crippen LogP contribution in [0, 0.1) is 5.92 Å². The molecule has 7 heteroatoms. The van der Waals surface area contributed by atoms with Gasteiger partial charge in [-0.2, -0.15) is 0 Å². The van der Waals surface area contributed by atoms with Crippen molar-refractivity contribution in [2.24, 2.45) is 5.92 Å². The number of nitrogens with two attached hydrogens (primary N) is 1. The van der Waals surface area contributed by atoms with Gasteiger partial charge in [0, 0.05) is 12.8 Å². The quantitative estimate of drug-likeness (QED) is 0.738. The van der Waals surface area contributed by atoms with Gasteiger partial charge in [0.15, 0.2) is 5.82 Å². The largest absolute Gasteiger partial charge is 0.381 e. The van der Waals surface area contributed by atoms with Gasteiger partial charge in [-0.25, -0.2) is 8.42 Å². The molecular formula is C7H14N4O2S. The lowest BCUT2D eigenvalue weighted by atomic mass is 10.2. The molecule has 0 fully saturated rings. The maximum Gasteiger partial charge on any atom is 0.165 e. The normalized spacial score (nSPS) is 14.1. The Bertz CT molecular complexity index is 398. The van der Waals surface area contributed by atoms with Gasteiger partial charge in [0.05, 0.1) is 11.9 Å². The second-order valence-electron chi connectivity index (χ2n) is 3.56. The van der Waals surface area contributed by atoms with Crippen LogP contribution < -0.4 is 5.73 Å². The lowest BCUT2D eigenvalue weighted by Gasteiger charge is -2.08. The van der Waals surface area contributed by atoms with Crippen LogP contribution in [0.1, 0.15) is 6.92 Å². The number of rotatable bonds is 4. The minimum absolute atomic E-state index is 0.00565. The second-order valence-corrected chi connectivity index (χ2v) is 5.75. The van der Waals surface area contributed by atoms with Crippen LogP contribution in [0.15, 0.2) is 6.20 Å². The van der Waals surface area contributed by atoms with Crippen LogP contribution in [0.5, 0.6) is 0 Å². The van der Waals surface area contributed by atoms with Gasteiger partial charge in [0.1, 0.15) is 9.84 Å². The van der Waals surface area contributed by atoms with Crippen molar-refractivity contribution in [2.45, 2.75) is 13.5 Å². The van der Waals surface area contributed by atoms with Crippen molar-refractivity contribution in [1.82, 2.24) is 15.0 Å². The summed E-state index contributed by atoms with van der Waals surface area (Å²) in [5.74, 6) is 0.495. The fourth-order valence-electron chi connectivity index (χ4n) is 1.29. The lowest BCUT2D eigenvalue weighted by Crippen LogP contribution is -2.17. The lowest BCUT2D eigenvalue weighted by molar-refractivity contribution is 0.468. The molecule has 0 aliphatic rings. The van der Waals surface area contributed by atoms with E-state index in [2.05, 4.69) is 10.3 Å². The SMILES string of the molecule is CC(Cn1cc(N)nn1)CS(C)(=O)=O. The van der Waals surface area contributed by atoms with Gasteiger partial charge in [-0.1, -0.05) is 12.1 Å². The molecule has 0 aromatic carbocycles. The van der Waals surface area contributed by atoms with Crippen molar-refractivity contribution < 1.29 is 8.42 Å². The Kier molecular flexibility index (Phi) is 3.10. The molecule has 2 N–H and O–H groups in total. The fourth-order valence-corrected chi connectivity index (χ4v) is 2.43. The number of anilines is 1. The summed E-state index contributed by atoms with van der Waals surface area (Å²) in [6.07, 6.45) is 2.80. The first-order chi connectivity index (χ1) is 6.37. The Balaban J connectivity index is 2.53. The third-order valence-corrected chi connectivity index (χ3v) is 2.82. The topological polar surface area (TPSA) is 90.9 Å². The molecule has 0 aliphatic heterocycles. The monoisotopic (exact) mass is 218 g/mol. The highest BCUT2D eigenvalue weighted by Crippen LogP contribution is 2.04. The van der Waals surface area contributed by atoms with Gasteiger partial charge in [-0.3, -0.25) is 4.68 Å². The van der Waals surface area contributed by atoms with Crippen molar-refractivity contribution in [2.75, 3.05) is 17.7 Å². The number of hydrogen-bond donors (Lipinski definition) is 1. The molecule has 80 valence electrons. The number of nitrogen functional groups attached to an aromatic ring is 1. The molecule has 1 aromatic heterocycles. The number of hydrogen-bond acceptors (Lipinski definition) is 5. The molecule has 0 radical (unpaired) electrons. The van der Waals surface area contributed by atoms with Crippen LogP contribution in [0.3, 0.4) is 0 Å². The molecule has 0 aliphatic carbocycles. The standard InChI is InChI=1S/C7H14N4O2S/c1-6(5-14(2,12)13)3-11-4-7(8)9-10-11/h4,6H,3,5,8H2,1-2H3. The third kappa shape index (κ3) is 3.73. The Hall–Kier alpha value is -1.11. The van der Waals surface area contributed by atoms with Crippen molar-refractivity contribution in [3.63, 3.8) is 0 Å². The van der Waals surface area contributed by atoms with Gasteiger partial charge in [-0.15, -0.1) is 5.10 Å². The van der Waals surface area contributed by atoms with Gasteiger partial charge >= 0.3 is 0 Å². The highest BCUT2D eigenvalue weighted by atomic mass is 32.2. The van der Waals surface area contributed by atoms with E-state index >= 15 is 0 Å². The summed E-state index contributed by atoms with van der Waals surface area (Å²) >= 11 is 0. The Morgan fingerprint density at radius 3 is 2.71 bits per heavy atom. The summed E-state index contributed by atoms with van der Waals surface area (Å²) in [7, 11) is -2.93. The van der Waals surface area contributed by atoms with Gasteiger partial charge in [0.25, 0.3) is 0 Å². The number of sulfone groups is 1. The van der Waals surface area contributed by atoms with Crippen molar-refractivity contribution >= 4 is 15.7 Å². The summed E-state index contributed by atoms with van der Waals surface area (Å²) in [5, 5.41) is 7.34. The van der Waals surface area contributed by atoms with E-state index in [-0.39, 0.29) is 11.7 Å². The molecule has 1 aromatic rings. The summed E-state index contributed by atoms with van der Waals surface area (Å²) in [6, 6.07) is 0. The van der Waals surface area contributed by atoms with Crippen LogP contribution in [0.2, 0.25) is 0 Å². The average molecular weight is 218 g/mol. The van der Waals surface area contributed by atoms with E-state index in [0.29, 0.717) is 12.4 Å². The molecule has 0 spiro atoms. The molecule has 1 heterocycles. The maximum absolute atomic E-state index is 11.0. The predicted octanol–water partition coefficient (Wildman–Crippen LogP) is -0.459. The highest BCUT2D eigenvalue weighted by molar-refractivity contribution is 7.90. The summed E-state index contributed by atoms with van der Waals surface area (Å²) in [5.41, 5.74) is 5.37.